The van der Waals surface area contributed by atoms with Crippen LogP contribution in [0.25, 0.3) is 0 Å². The molecule has 8 heteroatoms. The number of amides is 2. The van der Waals surface area contributed by atoms with E-state index in [2.05, 4.69) is 5.10 Å². The standard InChI is InChI=1S/C23H23N3O5/c1-4-30-17-12-10-15(11-13-17)25-21(27)18-19(23(29)31-5-2)24-26(20(18)22(25)28)16-8-6-14(3)7-9-16/h6-13,18,20H,4-5H2,1-3H3/t18-,20+/m0/s1. The van der Waals surface area contributed by atoms with Gasteiger partial charge in [0, 0.05) is 0 Å². The number of hydrogen-bond donors (Lipinski definition) is 0. The Balaban J connectivity index is 1.73. The fourth-order valence-corrected chi connectivity index (χ4v) is 3.81. The molecule has 0 N–H and O–H groups in total. The summed E-state index contributed by atoms with van der Waals surface area (Å²) in [6, 6.07) is 13.1. The molecule has 2 aromatic rings. The summed E-state index contributed by atoms with van der Waals surface area (Å²) < 4.78 is 10.5. The monoisotopic (exact) mass is 421 g/mol. The van der Waals surface area contributed by atoms with Gasteiger partial charge >= 0.3 is 5.97 Å². The van der Waals surface area contributed by atoms with Crippen LogP contribution in [0.15, 0.2) is 53.6 Å². The van der Waals surface area contributed by atoms with Crippen molar-refractivity contribution in [1.29, 1.82) is 0 Å². The van der Waals surface area contributed by atoms with Crippen LogP contribution in [0.1, 0.15) is 19.4 Å². The molecule has 2 aliphatic rings. The molecule has 1 saturated heterocycles. The summed E-state index contributed by atoms with van der Waals surface area (Å²) in [5.74, 6) is -2.02. The Morgan fingerprint density at radius 2 is 1.58 bits per heavy atom. The molecule has 4 rings (SSSR count). The Hall–Kier alpha value is -3.68. The van der Waals surface area contributed by atoms with Gasteiger partial charge in [-0.25, -0.2) is 9.69 Å². The maximum absolute atomic E-state index is 13.4. The number of rotatable bonds is 6. The van der Waals surface area contributed by atoms with Crippen LogP contribution in [0.2, 0.25) is 0 Å². The van der Waals surface area contributed by atoms with Gasteiger partial charge in [0.05, 0.1) is 24.6 Å². The lowest BCUT2D eigenvalue weighted by Gasteiger charge is -2.22. The predicted octanol–water partition coefficient (Wildman–Crippen LogP) is 2.69. The van der Waals surface area contributed by atoms with Gasteiger partial charge in [-0.3, -0.25) is 14.6 Å². The summed E-state index contributed by atoms with van der Waals surface area (Å²) in [5, 5.41) is 5.80. The second-order valence-electron chi connectivity index (χ2n) is 7.25. The molecule has 0 bridgehead atoms. The number of aryl methyl sites for hydroxylation is 1. The molecule has 2 aromatic carbocycles. The molecular formula is C23H23N3O5. The molecule has 0 aromatic heterocycles. The van der Waals surface area contributed by atoms with Crippen molar-refractivity contribution in [1.82, 2.24) is 0 Å². The number of esters is 1. The second-order valence-corrected chi connectivity index (χ2v) is 7.25. The van der Waals surface area contributed by atoms with Gasteiger partial charge in [0.2, 0.25) is 5.91 Å². The maximum atomic E-state index is 13.4. The summed E-state index contributed by atoms with van der Waals surface area (Å²) >= 11 is 0. The van der Waals surface area contributed by atoms with Crippen LogP contribution < -0.4 is 14.6 Å². The average Bonchev–Trinajstić information content (AvgIpc) is 3.27. The number of hydrazone groups is 1. The summed E-state index contributed by atoms with van der Waals surface area (Å²) in [7, 11) is 0. The van der Waals surface area contributed by atoms with Gasteiger partial charge < -0.3 is 9.47 Å². The van der Waals surface area contributed by atoms with Crippen LogP contribution in [0.4, 0.5) is 11.4 Å². The lowest BCUT2D eigenvalue weighted by atomic mass is 9.97. The summed E-state index contributed by atoms with van der Waals surface area (Å²) in [5.41, 5.74) is 2.02. The van der Waals surface area contributed by atoms with E-state index in [0.29, 0.717) is 23.7 Å². The number of carbonyl (C=O) groups is 3. The lowest BCUT2D eigenvalue weighted by molar-refractivity contribution is -0.136. The smallest absolute Gasteiger partial charge is 0.355 e. The number of ether oxygens (including phenoxy) is 2. The SMILES string of the molecule is CCOC(=O)C1=NN(c2ccc(C)cc2)[C@H]2C(=O)N(c3ccc(OCC)cc3)C(=O)[C@@H]12. The van der Waals surface area contributed by atoms with Gasteiger partial charge in [-0.2, -0.15) is 5.10 Å². The van der Waals surface area contributed by atoms with Crippen LogP contribution in [-0.2, 0) is 19.1 Å². The van der Waals surface area contributed by atoms with Gasteiger partial charge in [0.25, 0.3) is 5.91 Å². The highest BCUT2D eigenvalue weighted by Crippen LogP contribution is 2.38. The van der Waals surface area contributed by atoms with Crippen molar-refractivity contribution in [2.24, 2.45) is 11.0 Å². The predicted molar refractivity (Wildman–Crippen MR) is 115 cm³/mol. The zero-order valence-corrected chi connectivity index (χ0v) is 17.6. The Morgan fingerprint density at radius 1 is 0.935 bits per heavy atom. The maximum Gasteiger partial charge on any atom is 0.355 e. The van der Waals surface area contributed by atoms with Crippen molar-refractivity contribution < 1.29 is 23.9 Å². The molecule has 0 spiro atoms. The average molecular weight is 421 g/mol. The Kier molecular flexibility index (Phi) is 5.46. The van der Waals surface area contributed by atoms with E-state index in [0.717, 1.165) is 10.5 Å². The van der Waals surface area contributed by atoms with E-state index in [9.17, 15) is 14.4 Å². The molecule has 2 amide bonds. The van der Waals surface area contributed by atoms with E-state index in [1.165, 1.54) is 5.01 Å². The summed E-state index contributed by atoms with van der Waals surface area (Å²) in [6.45, 7) is 6.15. The molecule has 1 fully saturated rings. The molecule has 0 saturated carbocycles. The first-order valence-electron chi connectivity index (χ1n) is 10.2. The fraction of sp³-hybridized carbons (Fsp3) is 0.304. The van der Waals surface area contributed by atoms with Crippen molar-refractivity contribution in [3.8, 4) is 5.75 Å². The van der Waals surface area contributed by atoms with Gasteiger partial charge in [0.1, 0.15) is 17.7 Å². The normalized spacial score (nSPS) is 20.0. The quantitative estimate of drug-likeness (QED) is 0.526. The minimum absolute atomic E-state index is 0.0563. The molecule has 160 valence electrons. The third kappa shape index (κ3) is 3.54. The Morgan fingerprint density at radius 3 is 2.19 bits per heavy atom. The first kappa shape index (κ1) is 20.6. The van der Waals surface area contributed by atoms with Gasteiger partial charge in [-0.1, -0.05) is 17.7 Å². The number of hydrogen-bond acceptors (Lipinski definition) is 7. The van der Waals surface area contributed by atoms with Crippen molar-refractivity contribution in [3.63, 3.8) is 0 Å². The Bertz CT molecular complexity index is 1050. The second kappa shape index (κ2) is 8.22. The van der Waals surface area contributed by atoms with Crippen LogP contribution in [0.5, 0.6) is 5.75 Å². The van der Waals surface area contributed by atoms with Crippen LogP contribution in [0, 0.1) is 12.8 Å². The topological polar surface area (TPSA) is 88.5 Å². The number of nitrogens with zero attached hydrogens (tertiary/aromatic N) is 3. The zero-order valence-electron chi connectivity index (χ0n) is 17.6. The van der Waals surface area contributed by atoms with Gasteiger partial charge in [-0.05, 0) is 57.2 Å². The third-order valence-corrected chi connectivity index (χ3v) is 5.24. The molecule has 31 heavy (non-hydrogen) atoms. The Labute approximate surface area is 180 Å². The van der Waals surface area contributed by atoms with E-state index < -0.39 is 29.7 Å². The minimum Gasteiger partial charge on any atom is -0.494 e. The van der Waals surface area contributed by atoms with Gasteiger partial charge in [0.15, 0.2) is 5.71 Å². The number of benzene rings is 2. The highest BCUT2D eigenvalue weighted by atomic mass is 16.5. The van der Waals surface area contributed by atoms with E-state index >= 15 is 0 Å². The number of anilines is 2. The molecule has 8 nitrogen and oxygen atoms in total. The van der Waals surface area contributed by atoms with Crippen LogP contribution in [0.3, 0.4) is 0 Å². The van der Waals surface area contributed by atoms with Crippen molar-refractivity contribution in [2.45, 2.75) is 26.8 Å². The van der Waals surface area contributed by atoms with E-state index in [-0.39, 0.29) is 12.3 Å². The lowest BCUT2D eigenvalue weighted by Crippen LogP contribution is -2.39. The van der Waals surface area contributed by atoms with E-state index in [4.69, 9.17) is 9.47 Å². The van der Waals surface area contributed by atoms with E-state index in [1.54, 1.807) is 43.3 Å². The number of carbonyl (C=O) groups excluding carboxylic acids is 3. The zero-order chi connectivity index (χ0) is 22.1. The third-order valence-electron chi connectivity index (χ3n) is 5.24. The molecule has 2 aliphatic heterocycles. The number of imide groups is 1. The van der Waals surface area contributed by atoms with Crippen molar-refractivity contribution >= 4 is 34.9 Å². The highest BCUT2D eigenvalue weighted by molar-refractivity contribution is 6.47. The summed E-state index contributed by atoms with van der Waals surface area (Å²) in [4.78, 5) is 40.4. The van der Waals surface area contributed by atoms with Crippen LogP contribution >= 0.6 is 0 Å². The minimum atomic E-state index is -1.03. The first-order chi connectivity index (χ1) is 15.0. The molecule has 0 unspecified atom stereocenters. The van der Waals surface area contributed by atoms with Crippen molar-refractivity contribution in [2.75, 3.05) is 23.1 Å². The largest absolute Gasteiger partial charge is 0.494 e. The molecule has 0 radical (unpaired) electrons. The molecule has 2 heterocycles. The fourth-order valence-electron chi connectivity index (χ4n) is 3.81. The first-order valence-corrected chi connectivity index (χ1v) is 10.2. The van der Waals surface area contributed by atoms with Crippen molar-refractivity contribution in [3.05, 3.63) is 54.1 Å². The van der Waals surface area contributed by atoms with Crippen LogP contribution in [-0.4, -0.2) is 42.8 Å². The highest BCUT2D eigenvalue weighted by Gasteiger charge is 2.59. The van der Waals surface area contributed by atoms with E-state index in [1.807, 2.05) is 26.0 Å². The molecule has 0 aliphatic carbocycles. The molecule has 2 atom stereocenters. The summed E-state index contributed by atoms with van der Waals surface area (Å²) in [6.07, 6.45) is 0. The molecular weight excluding hydrogens is 398 g/mol. The number of fused-ring (bicyclic) bond motifs is 1. The van der Waals surface area contributed by atoms with Gasteiger partial charge in [-0.15, -0.1) is 0 Å².